The Morgan fingerprint density at radius 1 is 0.861 bits per heavy atom. The van der Waals surface area contributed by atoms with E-state index < -0.39 is 28.2 Å². The summed E-state index contributed by atoms with van der Waals surface area (Å²) in [5, 5.41) is 2.56. The molecule has 36 heavy (non-hydrogen) atoms. The van der Waals surface area contributed by atoms with Gasteiger partial charge >= 0.3 is 22.2 Å². The molecule has 8 nitrogen and oxygen atoms in total. The lowest BCUT2D eigenvalue weighted by Gasteiger charge is -2.19. The Morgan fingerprint density at radius 3 is 2.11 bits per heavy atom. The zero-order valence-electron chi connectivity index (χ0n) is 20.3. The van der Waals surface area contributed by atoms with Gasteiger partial charge in [-0.3, -0.25) is 0 Å². The van der Waals surface area contributed by atoms with Gasteiger partial charge in [-0.1, -0.05) is 60.2 Å². The van der Waals surface area contributed by atoms with Gasteiger partial charge < -0.3 is 19.0 Å². The van der Waals surface area contributed by atoms with Crippen LogP contribution in [0.5, 0.6) is 5.75 Å². The molecule has 0 heterocycles. The first-order chi connectivity index (χ1) is 17.1. The highest BCUT2D eigenvalue weighted by molar-refractivity contribution is 7.87. The minimum atomic E-state index is -3.99. The smallest absolute Gasteiger partial charge is 0.408 e. The molecule has 0 spiro atoms. The molecule has 0 bridgehead atoms. The van der Waals surface area contributed by atoms with Gasteiger partial charge in [-0.2, -0.15) is 8.42 Å². The highest BCUT2D eigenvalue weighted by atomic mass is 32.2. The maximum atomic E-state index is 12.6. The second-order valence-corrected chi connectivity index (χ2v) is 9.99. The van der Waals surface area contributed by atoms with E-state index in [1.54, 1.807) is 38.1 Å². The molecule has 0 saturated carbocycles. The molecule has 1 N–H and O–H groups in total. The molecular weight excluding hydrogens is 482 g/mol. The van der Waals surface area contributed by atoms with Crippen LogP contribution < -0.4 is 9.50 Å². The molecule has 0 aliphatic heterocycles. The lowest BCUT2D eigenvalue weighted by atomic mass is 10.1. The normalized spacial score (nSPS) is 12.0. The number of aryl methyl sites for hydroxylation is 1. The third kappa shape index (κ3) is 8.13. The molecule has 1 amide bonds. The van der Waals surface area contributed by atoms with E-state index >= 15 is 0 Å². The summed E-state index contributed by atoms with van der Waals surface area (Å²) in [5.41, 5.74) is 2.40. The number of esters is 1. The van der Waals surface area contributed by atoms with Gasteiger partial charge in [0.05, 0.1) is 6.10 Å². The highest BCUT2D eigenvalue weighted by Crippen LogP contribution is 2.20. The molecule has 190 valence electrons. The lowest BCUT2D eigenvalue weighted by molar-refractivity contribution is -0.149. The molecule has 0 fully saturated rings. The van der Waals surface area contributed by atoms with E-state index in [2.05, 4.69) is 5.32 Å². The molecule has 0 saturated heterocycles. The molecular formula is C27H29NO7S. The quantitative estimate of drug-likeness (QED) is 0.314. The number of rotatable bonds is 10. The van der Waals surface area contributed by atoms with Crippen molar-refractivity contribution in [1.82, 2.24) is 5.32 Å². The van der Waals surface area contributed by atoms with E-state index in [9.17, 15) is 18.0 Å². The van der Waals surface area contributed by atoms with Crippen LogP contribution in [-0.4, -0.2) is 32.6 Å². The summed E-state index contributed by atoms with van der Waals surface area (Å²) in [4.78, 5) is 25.0. The number of alkyl carbamates (subject to hydrolysis) is 1. The van der Waals surface area contributed by atoms with Gasteiger partial charge in [0.25, 0.3) is 0 Å². The zero-order valence-corrected chi connectivity index (χ0v) is 21.2. The van der Waals surface area contributed by atoms with E-state index in [4.69, 9.17) is 13.7 Å². The first kappa shape index (κ1) is 26.7. The first-order valence-electron chi connectivity index (χ1n) is 11.4. The maximum absolute atomic E-state index is 12.6. The van der Waals surface area contributed by atoms with Crippen LogP contribution >= 0.6 is 0 Å². The number of carbonyl (C=O) groups excluding carboxylic acids is 2. The summed E-state index contributed by atoms with van der Waals surface area (Å²) in [7, 11) is -3.99. The van der Waals surface area contributed by atoms with Gasteiger partial charge in [0.2, 0.25) is 0 Å². The molecule has 1 atom stereocenters. The Kier molecular flexibility index (Phi) is 9.08. The highest BCUT2D eigenvalue weighted by Gasteiger charge is 2.25. The molecule has 0 radical (unpaired) electrons. The summed E-state index contributed by atoms with van der Waals surface area (Å²) in [6, 6.07) is 20.7. The van der Waals surface area contributed by atoms with Crippen molar-refractivity contribution in [2.45, 2.75) is 50.8 Å². The fourth-order valence-corrected chi connectivity index (χ4v) is 4.14. The Hall–Kier alpha value is -3.85. The Labute approximate surface area is 211 Å². The average molecular weight is 512 g/mol. The van der Waals surface area contributed by atoms with Crippen molar-refractivity contribution < 1.29 is 31.7 Å². The predicted octanol–water partition coefficient (Wildman–Crippen LogP) is 4.55. The van der Waals surface area contributed by atoms with Gasteiger partial charge in [-0.25, -0.2) is 9.59 Å². The van der Waals surface area contributed by atoms with Crippen molar-refractivity contribution in [2.24, 2.45) is 0 Å². The topological polar surface area (TPSA) is 108 Å². The van der Waals surface area contributed by atoms with E-state index in [-0.39, 0.29) is 29.8 Å². The van der Waals surface area contributed by atoms with E-state index in [0.717, 1.165) is 11.1 Å². The van der Waals surface area contributed by atoms with Crippen LogP contribution in [0.1, 0.15) is 30.5 Å². The standard InChI is InChI=1S/C27H29NO7S/c1-19(2)34-26(29)25(28-27(30)33-18-22-7-5-4-6-8-22)17-21-11-13-23(14-12-21)35-36(31,32)24-15-9-20(3)10-16-24/h4-16,19,25H,17-18H2,1-3H3,(H,28,30). The van der Waals surface area contributed by atoms with E-state index in [0.29, 0.717) is 5.56 Å². The van der Waals surface area contributed by atoms with E-state index in [1.165, 1.54) is 24.3 Å². The zero-order chi connectivity index (χ0) is 26.1. The number of hydrogen-bond donors (Lipinski definition) is 1. The molecule has 9 heteroatoms. The SMILES string of the molecule is Cc1ccc(S(=O)(=O)Oc2ccc(CC(NC(=O)OCc3ccccc3)C(=O)OC(C)C)cc2)cc1. The number of amides is 1. The summed E-state index contributed by atoms with van der Waals surface area (Å²) in [5.74, 6) is -0.486. The van der Waals surface area contributed by atoms with Crippen LogP contribution in [0.2, 0.25) is 0 Å². The summed E-state index contributed by atoms with van der Waals surface area (Å²) in [6.45, 7) is 5.34. The van der Waals surface area contributed by atoms with Crippen molar-refractivity contribution >= 4 is 22.2 Å². The van der Waals surface area contributed by atoms with Gasteiger partial charge in [0, 0.05) is 6.42 Å². The van der Waals surface area contributed by atoms with Crippen LogP contribution in [-0.2, 0) is 37.4 Å². The average Bonchev–Trinajstić information content (AvgIpc) is 2.84. The second-order valence-electron chi connectivity index (χ2n) is 8.44. The van der Waals surface area contributed by atoms with Crippen molar-refractivity contribution in [3.05, 3.63) is 95.6 Å². The third-order valence-corrected chi connectivity index (χ3v) is 6.28. The molecule has 3 rings (SSSR count). The Bertz CT molecular complexity index is 1260. The summed E-state index contributed by atoms with van der Waals surface area (Å²) in [6.07, 6.45) is -1.02. The van der Waals surface area contributed by atoms with Crippen LogP contribution in [0, 0.1) is 6.92 Å². The van der Waals surface area contributed by atoms with Crippen LogP contribution in [0.15, 0.2) is 83.8 Å². The fourth-order valence-electron chi connectivity index (χ4n) is 3.21. The van der Waals surface area contributed by atoms with Gasteiger partial charge in [-0.15, -0.1) is 0 Å². The van der Waals surface area contributed by atoms with Crippen molar-refractivity contribution in [1.29, 1.82) is 0 Å². The lowest BCUT2D eigenvalue weighted by Crippen LogP contribution is -2.44. The number of benzene rings is 3. The first-order valence-corrected chi connectivity index (χ1v) is 12.8. The van der Waals surface area contributed by atoms with Crippen molar-refractivity contribution in [2.75, 3.05) is 0 Å². The van der Waals surface area contributed by atoms with E-state index in [1.807, 2.05) is 37.3 Å². The third-order valence-electron chi connectivity index (χ3n) is 5.02. The Morgan fingerprint density at radius 2 is 1.50 bits per heavy atom. The monoisotopic (exact) mass is 511 g/mol. The summed E-state index contributed by atoms with van der Waals surface area (Å²) < 4.78 is 40.7. The van der Waals surface area contributed by atoms with Gasteiger partial charge in [-0.05, 0) is 56.2 Å². The molecule has 0 aromatic heterocycles. The van der Waals surface area contributed by atoms with Crippen molar-refractivity contribution in [3.8, 4) is 5.75 Å². The predicted molar refractivity (Wildman–Crippen MR) is 134 cm³/mol. The number of hydrogen-bond acceptors (Lipinski definition) is 7. The van der Waals surface area contributed by atoms with Gasteiger partial charge in [0.1, 0.15) is 23.3 Å². The Balaban J connectivity index is 1.65. The largest absolute Gasteiger partial charge is 0.461 e. The summed E-state index contributed by atoms with van der Waals surface area (Å²) >= 11 is 0. The second kappa shape index (κ2) is 12.2. The minimum Gasteiger partial charge on any atom is -0.461 e. The minimum absolute atomic E-state index is 0.0480. The van der Waals surface area contributed by atoms with Gasteiger partial charge in [0.15, 0.2) is 0 Å². The van der Waals surface area contributed by atoms with Crippen LogP contribution in [0.3, 0.4) is 0 Å². The molecule has 1 unspecified atom stereocenters. The van der Waals surface area contributed by atoms with Crippen molar-refractivity contribution in [3.63, 3.8) is 0 Å². The van der Waals surface area contributed by atoms with Crippen LogP contribution in [0.25, 0.3) is 0 Å². The molecule has 3 aromatic carbocycles. The van der Waals surface area contributed by atoms with Crippen LogP contribution in [0.4, 0.5) is 4.79 Å². The molecule has 0 aliphatic carbocycles. The number of ether oxygens (including phenoxy) is 2. The fraction of sp³-hybridized carbons (Fsp3) is 0.259. The molecule has 3 aromatic rings. The number of carbonyl (C=O) groups is 2. The molecule has 0 aliphatic rings. The number of nitrogens with one attached hydrogen (secondary N) is 1. The maximum Gasteiger partial charge on any atom is 0.408 e.